The van der Waals surface area contributed by atoms with Crippen molar-refractivity contribution in [1.82, 2.24) is 0 Å². The molecule has 0 spiro atoms. The molecule has 1 fully saturated rings. The first kappa shape index (κ1) is 8.41. The topological polar surface area (TPSA) is 38.7 Å². The molecule has 0 atom stereocenters. The van der Waals surface area contributed by atoms with E-state index in [1.807, 2.05) is 27.7 Å². The van der Waals surface area contributed by atoms with E-state index < -0.39 is 8.60 Å². The fourth-order valence-electron chi connectivity index (χ4n) is 0.629. The van der Waals surface area contributed by atoms with Gasteiger partial charge in [0, 0.05) is 0 Å². The van der Waals surface area contributed by atoms with Crippen molar-refractivity contribution in [3.8, 4) is 0 Å². The smallest absolute Gasteiger partial charge is 0.328 e. The zero-order chi connectivity index (χ0) is 7.99. The molecule has 0 aromatic carbocycles. The van der Waals surface area contributed by atoms with Gasteiger partial charge in [-0.25, -0.2) is 0 Å². The highest BCUT2D eigenvalue weighted by Gasteiger charge is 2.49. The molecule has 0 amide bonds. The van der Waals surface area contributed by atoms with Gasteiger partial charge >= 0.3 is 8.60 Å². The van der Waals surface area contributed by atoms with Crippen LogP contribution in [0.3, 0.4) is 0 Å². The molecule has 1 aliphatic heterocycles. The molecule has 0 aliphatic carbocycles. The van der Waals surface area contributed by atoms with Gasteiger partial charge in [0.1, 0.15) is 11.2 Å². The van der Waals surface area contributed by atoms with E-state index in [4.69, 9.17) is 13.9 Å². The lowest BCUT2D eigenvalue weighted by molar-refractivity contribution is 0.00578. The maximum absolute atomic E-state index is 9.02. The van der Waals surface area contributed by atoms with Gasteiger partial charge in [-0.15, -0.1) is 0 Å². The van der Waals surface area contributed by atoms with E-state index in [0.717, 1.165) is 0 Å². The monoisotopic (exact) mass is 164 g/mol. The summed E-state index contributed by atoms with van der Waals surface area (Å²) in [4.78, 5) is 9.02. The molecule has 0 aromatic heterocycles. The molecular formula is C6H13O3P. The van der Waals surface area contributed by atoms with E-state index in [9.17, 15) is 0 Å². The fraction of sp³-hybridized carbons (Fsp3) is 1.00. The predicted octanol–water partition coefficient (Wildman–Crippen LogP) is 1.81. The third-order valence-electron chi connectivity index (χ3n) is 2.06. The molecule has 3 nitrogen and oxygen atoms in total. The summed E-state index contributed by atoms with van der Waals surface area (Å²) >= 11 is 0. The first-order valence-corrected chi connectivity index (χ1v) is 4.35. The number of hydrogen-bond donors (Lipinski definition) is 1. The average molecular weight is 164 g/mol. The van der Waals surface area contributed by atoms with Crippen LogP contribution in [0.25, 0.3) is 0 Å². The molecule has 1 heterocycles. The Morgan fingerprint density at radius 2 is 1.30 bits per heavy atom. The zero-order valence-corrected chi connectivity index (χ0v) is 7.61. The molecule has 1 N–H and O–H groups in total. The number of hydrogen-bond acceptors (Lipinski definition) is 3. The maximum Gasteiger partial charge on any atom is 0.331 e. The molecule has 1 aliphatic rings. The second-order valence-corrected chi connectivity index (χ2v) is 4.28. The second kappa shape index (κ2) is 2.15. The second-order valence-electron chi connectivity index (χ2n) is 3.44. The van der Waals surface area contributed by atoms with Crippen LogP contribution in [0, 0.1) is 0 Å². The summed E-state index contributed by atoms with van der Waals surface area (Å²) in [6, 6.07) is 0. The van der Waals surface area contributed by atoms with Gasteiger partial charge in [-0.2, -0.15) is 0 Å². The normalized spacial score (nSPS) is 30.9. The van der Waals surface area contributed by atoms with Crippen LogP contribution >= 0.6 is 8.60 Å². The molecule has 1 rings (SSSR count). The van der Waals surface area contributed by atoms with Gasteiger partial charge in [-0.3, -0.25) is 0 Å². The van der Waals surface area contributed by atoms with Crippen LogP contribution in [0.1, 0.15) is 27.7 Å². The van der Waals surface area contributed by atoms with Gasteiger partial charge in [-0.1, -0.05) is 0 Å². The van der Waals surface area contributed by atoms with Crippen LogP contribution in [-0.4, -0.2) is 16.1 Å². The third kappa shape index (κ3) is 1.19. The van der Waals surface area contributed by atoms with E-state index in [1.165, 1.54) is 0 Å². The maximum atomic E-state index is 9.02. The highest BCUT2D eigenvalue weighted by Crippen LogP contribution is 2.54. The van der Waals surface area contributed by atoms with Crippen LogP contribution in [-0.2, 0) is 9.05 Å². The van der Waals surface area contributed by atoms with Crippen molar-refractivity contribution in [2.45, 2.75) is 38.9 Å². The van der Waals surface area contributed by atoms with Crippen molar-refractivity contribution in [2.75, 3.05) is 0 Å². The Morgan fingerprint density at radius 1 is 1.00 bits per heavy atom. The number of rotatable bonds is 0. The van der Waals surface area contributed by atoms with Crippen LogP contribution in [0.15, 0.2) is 0 Å². The molecule has 1 saturated heterocycles. The summed E-state index contributed by atoms with van der Waals surface area (Å²) in [7, 11) is -1.64. The van der Waals surface area contributed by atoms with Crippen molar-refractivity contribution in [1.29, 1.82) is 0 Å². The average Bonchev–Trinajstić information content (AvgIpc) is 1.73. The largest absolute Gasteiger partial charge is 0.331 e. The Balaban J connectivity index is 2.78. The molecule has 0 bridgehead atoms. The van der Waals surface area contributed by atoms with Gasteiger partial charge < -0.3 is 13.9 Å². The molecule has 0 aromatic rings. The van der Waals surface area contributed by atoms with Crippen molar-refractivity contribution in [3.05, 3.63) is 0 Å². The summed E-state index contributed by atoms with van der Waals surface area (Å²) in [5, 5.41) is 0. The van der Waals surface area contributed by atoms with Gasteiger partial charge in [0.25, 0.3) is 0 Å². The van der Waals surface area contributed by atoms with Crippen LogP contribution < -0.4 is 0 Å². The Bertz CT molecular complexity index is 128. The summed E-state index contributed by atoms with van der Waals surface area (Å²) in [6.07, 6.45) is 0. The quantitative estimate of drug-likeness (QED) is 0.555. The first-order chi connectivity index (χ1) is 4.35. The molecule has 0 unspecified atom stereocenters. The van der Waals surface area contributed by atoms with Gasteiger partial charge in [0.05, 0.1) is 0 Å². The highest BCUT2D eigenvalue weighted by molar-refractivity contribution is 7.41. The standard InChI is InChI=1S/C6H13O3P/c1-5(2)6(3,4)9-10(7)8-5/h7H,1-4H3. The molecule has 10 heavy (non-hydrogen) atoms. The Labute approximate surface area is 62.3 Å². The van der Waals surface area contributed by atoms with E-state index in [0.29, 0.717) is 0 Å². The Morgan fingerprint density at radius 3 is 1.40 bits per heavy atom. The first-order valence-electron chi connectivity index (χ1n) is 3.22. The lowest BCUT2D eigenvalue weighted by Crippen LogP contribution is -2.41. The minimum atomic E-state index is -1.64. The molecule has 0 radical (unpaired) electrons. The summed E-state index contributed by atoms with van der Waals surface area (Å²) in [5.41, 5.74) is -0.763. The fourth-order valence-corrected chi connectivity index (χ4v) is 1.89. The van der Waals surface area contributed by atoms with E-state index in [-0.39, 0.29) is 11.2 Å². The summed E-state index contributed by atoms with van der Waals surface area (Å²) in [5.74, 6) is 0. The van der Waals surface area contributed by atoms with Crippen molar-refractivity contribution < 1.29 is 13.9 Å². The van der Waals surface area contributed by atoms with E-state index in [1.54, 1.807) is 0 Å². The Hall–Kier alpha value is 0.310. The molecule has 60 valence electrons. The minimum Gasteiger partial charge on any atom is -0.328 e. The van der Waals surface area contributed by atoms with Crippen LogP contribution in [0.4, 0.5) is 0 Å². The third-order valence-corrected chi connectivity index (χ3v) is 3.29. The summed E-state index contributed by atoms with van der Waals surface area (Å²) < 4.78 is 10.3. The van der Waals surface area contributed by atoms with Gasteiger partial charge in [0.2, 0.25) is 0 Å². The van der Waals surface area contributed by atoms with Crippen LogP contribution in [0.5, 0.6) is 0 Å². The SMILES string of the molecule is CC1(C)OP(O)OC1(C)C. The van der Waals surface area contributed by atoms with E-state index >= 15 is 0 Å². The lowest BCUT2D eigenvalue weighted by Gasteiger charge is -2.29. The Kier molecular flexibility index (Phi) is 1.80. The van der Waals surface area contributed by atoms with Crippen LogP contribution in [0.2, 0.25) is 0 Å². The lowest BCUT2D eigenvalue weighted by atomic mass is 9.90. The molecule has 4 heteroatoms. The van der Waals surface area contributed by atoms with Crippen molar-refractivity contribution in [2.24, 2.45) is 0 Å². The molecule has 0 saturated carbocycles. The predicted molar refractivity (Wildman–Crippen MR) is 39.5 cm³/mol. The molecular weight excluding hydrogens is 151 g/mol. The van der Waals surface area contributed by atoms with Crippen molar-refractivity contribution in [3.63, 3.8) is 0 Å². The van der Waals surface area contributed by atoms with Gasteiger partial charge in [0.15, 0.2) is 0 Å². The highest BCUT2D eigenvalue weighted by atomic mass is 31.2. The zero-order valence-electron chi connectivity index (χ0n) is 6.71. The van der Waals surface area contributed by atoms with Crippen molar-refractivity contribution >= 4 is 8.60 Å². The summed E-state index contributed by atoms with van der Waals surface area (Å²) in [6.45, 7) is 7.63. The minimum absolute atomic E-state index is 0.381. The van der Waals surface area contributed by atoms with Gasteiger partial charge in [-0.05, 0) is 27.7 Å². The van der Waals surface area contributed by atoms with E-state index in [2.05, 4.69) is 0 Å².